The molecule has 2 heterocycles. The van der Waals surface area contributed by atoms with E-state index in [1.54, 1.807) is 21.3 Å². The van der Waals surface area contributed by atoms with Crippen molar-refractivity contribution in [2.75, 3.05) is 33.2 Å². The van der Waals surface area contributed by atoms with E-state index in [0.29, 0.717) is 27.4 Å². The van der Waals surface area contributed by atoms with Crippen molar-refractivity contribution >= 4 is 34.6 Å². The number of halogens is 1. The normalized spacial score (nSPS) is 15.2. The van der Waals surface area contributed by atoms with E-state index in [1.807, 2.05) is 36.4 Å². The minimum atomic E-state index is -0.121. The molecule has 3 aromatic rings. The van der Waals surface area contributed by atoms with E-state index < -0.39 is 0 Å². The summed E-state index contributed by atoms with van der Waals surface area (Å²) in [6.45, 7) is 1.59. The van der Waals surface area contributed by atoms with Gasteiger partial charge in [-0.25, -0.2) is 0 Å². The summed E-state index contributed by atoms with van der Waals surface area (Å²) in [4.78, 5) is 2.18. The second-order valence-electron chi connectivity index (χ2n) is 7.12. The standard InChI is InChI=1S/C23H24ClN3O3S/c1-28-19-13-15(14-20(29-2)22(19)30-3)21-18-5-4-10-26(18)11-12-27(21)23(31)25-17-8-6-16(24)7-9-17/h4-10,13-14,21H,11-12H2,1-3H3,(H,25,31)/t21-/m0/s1. The Morgan fingerprint density at radius 1 is 1.00 bits per heavy atom. The van der Waals surface area contributed by atoms with Gasteiger partial charge in [0.25, 0.3) is 0 Å². The number of ether oxygens (including phenoxy) is 3. The van der Waals surface area contributed by atoms with Gasteiger partial charge in [0.2, 0.25) is 5.75 Å². The summed E-state index contributed by atoms with van der Waals surface area (Å²) >= 11 is 11.8. The first-order valence-electron chi connectivity index (χ1n) is 9.84. The third-order valence-corrected chi connectivity index (χ3v) is 5.99. The average Bonchev–Trinajstić information content (AvgIpc) is 3.27. The molecule has 1 aliphatic heterocycles. The van der Waals surface area contributed by atoms with Gasteiger partial charge in [0.15, 0.2) is 16.6 Å². The third-order valence-electron chi connectivity index (χ3n) is 5.40. The Hall–Kier alpha value is -2.90. The van der Waals surface area contributed by atoms with Crippen molar-refractivity contribution in [3.05, 3.63) is 71.0 Å². The number of rotatable bonds is 5. The molecule has 0 amide bonds. The van der Waals surface area contributed by atoms with Gasteiger partial charge in [0, 0.05) is 35.7 Å². The predicted molar refractivity (Wildman–Crippen MR) is 127 cm³/mol. The average molecular weight is 458 g/mol. The maximum atomic E-state index is 6.02. The van der Waals surface area contributed by atoms with Gasteiger partial charge in [0.1, 0.15) is 0 Å². The monoisotopic (exact) mass is 457 g/mol. The zero-order chi connectivity index (χ0) is 22.0. The van der Waals surface area contributed by atoms with Gasteiger partial charge in [0.05, 0.1) is 27.4 Å². The molecular formula is C23H24ClN3O3S. The van der Waals surface area contributed by atoms with Crippen molar-refractivity contribution in [2.24, 2.45) is 0 Å². The lowest BCUT2D eigenvalue weighted by atomic mass is 9.99. The highest BCUT2D eigenvalue weighted by atomic mass is 35.5. The molecule has 1 aliphatic rings. The number of hydrogen-bond acceptors (Lipinski definition) is 4. The van der Waals surface area contributed by atoms with Gasteiger partial charge in [-0.15, -0.1) is 0 Å². The fourth-order valence-electron chi connectivity index (χ4n) is 3.94. The molecule has 8 heteroatoms. The molecule has 1 atom stereocenters. The molecule has 162 valence electrons. The lowest BCUT2D eigenvalue weighted by molar-refractivity contribution is 0.288. The number of aromatic nitrogens is 1. The van der Waals surface area contributed by atoms with Crippen molar-refractivity contribution < 1.29 is 14.2 Å². The molecule has 1 N–H and O–H groups in total. The van der Waals surface area contributed by atoms with Crippen LogP contribution in [0.3, 0.4) is 0 Å². The fraction of sp³-hybridized carbons (Fsp3) is 0.261. The summed E-state index contributed by atoms with van der Waals surface area (Å²) in [5.74, 6) is 1.78. The second kappa shape index (κ2) is 9.08. The van der Waals surface area contributed by atoms with Crippen molar-refractivity contribution in [1.82, 2.24) is 9.47 Å². The Labute approximate surface area is 192 Å². The zero-order valence-electron chi connectivity index (χ0n) is 17.6. The molecule has 4 rings (SSSR count). The van der Waals surface area contributed by atoms with Crippen molar-refractivity contribution in [3.63, 3.8) is 0 Å². The van der Waals surface area contributed by atoms with Crippen LogP contribution in [0.15, 0.2) is 54.7 Å². The summed E-state index contributed by atoms with van der Waals surface area (Å²) in [5.41, 5.74) is 3.02. The van der Waals surface area contributed by atoms with Crippen LogP contribution in [0.1, 0.15) is 17.3 Å². The van der Waals surface area contributed by atoms with E-state index in [-0.39, 0.29) is 6.04 Å². The van der Waals surface area contributed by atoms with Crippen LogP contribution < -0.4 is 19.5 Å². The maximum Gasteiger partial charge on any atom is 0.203 e. The number of fused-ring (bicyclic) bond motifs is 1. The molecule has 0 spiro atoms. The van der Waals surface area contributed by atoms with Gasteiger partial charge >= 0.3 is 0 Å². The summed E-state index contributed by atoms with van der Waals surface area (Å²) in [7, 11) is 4.84. The molecule has 0 unspecified atom stereocenters. The first kappa shape index (κ1) is 21.3. The largest absolute Gasteiger partial charge is 0.493 e. The molecule has 0 saturated heterocycles. The van der Waals surface area contributed by atoms with Crippen molar-refractivity contribution in [3.8, 4) is 17.2 Å². The summed E-state index contributed by atoms with van der Waals surface area (Å²) in [6.07, 6.45) is 2.09. The highest BCUT2D eigenvalue weighted by molar-refractivity contribution is 7.80. The van der Waals surface area contributed by atoms with Crippen LogP contribution in [0.25, 0.3) is 0 Å². The number of nitrogens with zero attached hydrogens (tertiary/aromatic N) is 2. The number of hydrogen-bond donors (Lipinski definition) is 1. The van der Waals surface area contributed by atoms with Crippen LogP contribution in [-0.4, -0.2) is 42.5 Å². The number of methoxy groups -OCH3 is 3. The number of benzene rings is 2. The van der Waals surface area contributed by atoms with Crippen molar-refractivity contribution in [1.29, 1.82) is 0 Å². The Morgan fingerprint density at radius 3 is 2.29 bits per heavy atom. The summed E-state index contributed by atoms with van der Waals surface area (Å²) < 4.78 is 18.9. The SMILES string of the molecule is COc1cc([C@H]2c3cccn3CCN2C(=S)Nc2ccc(Cl)cc2)cc(OC)c1OC. The van der Waals surface area contributed by atoms with E-state index in [0.717, 1.165) is 30.0 Å². The first-order chi connectivity index (χ1) is 15.0. The van der Waals surface area contributed by atoms with Gasteiger partial charge in [-0.1, -0.05) is 11.6 Å². The third kappa shape index (κ3) is 4.16. The smallest absolute Gasteiger partial charge is 0.203 e. The van der Waals surface area contributed by atoms with E-state index in [2.05, 4.69) is 33.1 Å². The minimum Gasteiger partial charge on any atom is -0.493 e. The predicted octanol–water partition coefficient (Wildman–Crippen LogP) is 4.97. The molecular weight excluding hydrogens is 434 g/mol. The number of thiocarbonyl (C=S) groups is 1. The van der Waals surface area contributed by atoms with Crippen LogP contribution in [0, 0.1) is 0 Å². The molecule has 0 radical (unpaired) electrons. The van der Waals surface area contributed by atoms with Gasteiger partial charge in [-0.2, -0.15) is 0 Å². The topological polar surface area (TPSA) is 47.9 Å². The highest BCUT2D eigenvalue weighted by Gasteiger charge is 2.32. The van der Waals surface area contributed by atoms with Crippen LogP contribution in [-0.2, 0) is 6.54 Å². The second-order valence-corrected chi connectivity index (χ2v) is 7.94. The van der Waals surface area contributed by atoms with Gasteiger partial charge in [-0.05, 0) is 66.3 Å². The summed E-state index contributed by atoms with van der Waals surface area (Å²) in [5, 5.41) is 4.66. The quantitative estimate of drug-likeness (QED) is 0.546. The van der Waals surface area contributed by atoms with Crippen LogP contribution >= 0.6 is 23.8 Å². The fourth-order valence-corrected chi connectivity index (χ4v) is 4.38. The van der Waals surface area contributed by atoms with Crippen LogP contribution in [0.2, 0.25) is 5.02 Å². The van der Waals surface area contributed by atoms with Gasteiger partial charge < -0.3 is 29.0 Å². The van der Waals surface area contributed by atoms with Crippen molar-refractivity contribution in [2.45, 2.75) is 12.6 Å². The number of anilines is 1. The van der Waals surface area contributed by atoms with Gasteiger partial charge in [-0.3, -0.25) is 0 Å². The molecule has 31 heavy (non-hydrogen) atoms. The Morgan fingerprint density at radius 2 is 1.68 bits per heavy atom. The number of nitrogens with one attached hydrogen (secondary N) is 1. The Bertz CT molecular complexity index is 1060. The van der Waals surface area contributed by atoms with E-state index in [9.17, 15) is 0 Å². The zero-order valence-corrected chi connectivity index (χ0v) is 19.2. The van der Waals surface area contributed by atoms with Crippen LogP contribution in [0.5, 0.6) is 17.2 Å². The molecule has 2 aromatic carbocycles. The van der Waals surface area contributed by atoms with E-state index in [1.165, 1.54) is 0 Å². The summed E-state index contributed by atoms with van der Waals surface area (Å²) in [6, 6.07) is 15.5. The highest BCUT2D eigenvalue weighted by Crippen LogP contribution is 2.43. The molecule has 6 nitrogen and oxygen atoms in total. The Kier molecular flexibility index (Phi) is 6.25. The molecule has 0 bridgehead atoms. The molecule has 0 aliphatic carbocycles. The van der Waals surface area contributed by atoms with E-state index >= 15 is 0 Å². The molecule has 0 fully saturated rings. The first-order valence-corrected chi connectivity index (χ1v) is 10.6. The lowest BCUT2D eigenvalue weighted by Gasteiger charge is -2.39. The molecule has 1 aromatic heterocycles. The van der Waals surface area contributed by atoms with E-state index in [4.69, 9.17) is 38.0 Å². The minimum absolute atomic E-state index is 0.121. The lowest BCUT2D eigenvalue weighted by Crippen LogP contribution is -2.44. The van der Waals surface area contributed by atoms with Crippen LogP contribution in [0.4, 0.5) is 5.69 Å². The Balaban J connectivity index is 1.75. The molecule has 0 saturated carbocycles. The maximum absolute atomic E-state index is 6.02.